The predicted molar refractivity (Wildman–Crippen MR) is 83.9 cm³/mol. The second-order valence-electron chi connectivity index (χ2n) is 5.83. The van der Waals surface area contributed by atoms with Gasteiger partial charge in [0, 0.05) is 52.4 Å². The third kappa shape index (κ3) is 3.41. The fourth-order valence-corrected chi connectivity index (χ4v) is 2.87. The number of hydrogen-bond acceptors (Lipinski definition) is 7. The van der Waals surface area contributed by atoms with Gasteiger partial charge < -0.3 is 19.6 Å². The van der Waals surface area contributed by atoms with Gasteiger partial charge in [-0.05, 0) is 13.6 Å². The predicted octanol–water partition coefficient (Wildman–Crippen LogP) is -0.235. The largest absolute Gasteiger partial charge is 0.353 e. The lowest BCUT2D eigenvalue weighted by Crippen LogP contribution is -2.47. The molecule has 2 aliphatic rings. The average molecular weight is 291 g/mol. The summed E-state index contributed by atoms with van der Waals surface area (Å²) in [6, 6.07) is 0. The second kappa shape index (κ2) is 6.53. The Kier molecular flexibility index (Phi) is 4.50. The number of piperazine rings is 2. The highest BCUT2D eigenvalue weighted by atomic mass is 15.4. The van der Waals surface area contributed by atoms with Crippen LogP contribution in [0.5, 0.6) is 0 Å². The molecule has 2 aliphatic heterocycles. The molecular formula is C14H25N7. The average Bonchev–Trinajstić information content (AvgIpc) is 2.56. The molecule has 0 aliphatic carbocycles. The molecular weight excluding hydrogens is 266 g/mol. The summed E-state index contributed by atoms with van der Waals surface area (Å²) in [6.45, 7) is 11.7. The summed E-state index contributed by atoms with van der Waals surface area (Å²) in [5.74, 6) is 1.74. The Hall–Kier alpha value is -1.47. The highest BCUT2D eigenvalue weighted by Gasteiger charge is 2.20. The number of rotatable bonds is 3. The molecule has 7 nitrogen and oxygen atoms in total. The molecule has 3 rings (SSSR count). The molecule has 0 aromatic carbocycles. The van der Waals surface area contributed by atoms with Crippen molar-refractivity contribution in [2.24, 2.45) is 0 Å². The fraction of sp³-hybridized carbons (Fsp3) is 0.786. The van der Waals surface area contributed by atoms with Gasteiger partial charge in [0.15, 0.2) is 5.82 Å². The quantitative estimate of drug-likeness (QED) is 0.762. The first kappa shape index (κ1) is 14.5. The van der Waals surface area contributed by atoms with Crippen molar-refractivity contribution in [3.05, 3.63) is 6.20 Å². The molecule has 2 fully saturated rings. The van der Waals surface area contributed by atoms with Gasteiger partial charge in [0.2, 0.25) is 5.95 Å². The number of nitrogens with zero attached hydrogens (tertiary/aromatic N) is 7. The number of aromatic nitrogens is 3. The Morgan fingerprint density at radius 3 is 2.29 bits per heavy atom. The zero-order valence-electron chi connectivity index (χ0n) is 13.1. The molecule has 1 aromatic rings. The SMILES string of the molecule is CCN1CCN(c2cnnc(N3CCN(C)CC3)n2)CC1. The molecule has 2 saturated heterocycles. The van der Waals surface area contributed by atoms with Gasteiger partial charge in [0.05, 0.1) is 6.20 Å². The van der Waals surface area contributed by atoms with E-state index in [1.807, 2.05) is 0 Å². The minimum Gasteiger partial charge on any atom is -0.353 e. The lowest BCUT2D eigenvalue weighted by molar-refractivity contribution is 0.270. The van der Waals surface area contributed by atoms with Gasteiger partial charge in [-0.1, -0.05) is 6.92 Å². The Morgan fingerprint density at radius 2 is 1.62 bits per heavy atom. The van der Waals surface area contributed by atoms with Crippen LogP contribution in [0.25, 0.3) is 0 Å². The molecule has 0 saturated carbocycles. The first-order valence-corrected chi connectivity index (χ1v) is 7.87. The van der Waals surface area contributed by atoms with E-state index in [1.54, 1.807) is 6.20 Å². The molecule has 1 aromatic heterocycles. The molecule has 0 atom stereocenters. The summed E-state index contributed by atoms with van der Waals surface area (Å²) in [5, 5.41) is 8.39. The minimum atomic E-state index is 0.776. The Morgan fingerprint density at radius 1 is 0.952 bits per heavy atom. The molecule has 21 heavy (non-hydrogen) atoms. The Bertz CT molecular complexity index is 450. The van der Waals surface area contributed by atoms with Crippen LogP contribution in [-0.4, -0.2) is 90.9 Å². The lowest BCUT2D eigenvalue weighted by Gasteiger charge is -2.35. The molecule has 3 heterocycles. The van der Waals surface area contributed by atoms with Crippen LogP contribution < -0.4 is 9.80 Å². The summed E-state index contributed by atoms with van der Waals surface area (Å²) in [5.41, 5.74) is 0. The van der Waals surface area contributed by atoms with Crippen molar-refractivity contribution in [3.63, 3.8) is 0 Å². The van der Waals surface area contributed by atoms with Gasteiger partial charge in [-0.2, -0.15) is 10.1 Å². The van der Waals surface area contributed by atoms with E-state index in [1.165, 1.54) is 0 Å². The molecule has 116 valence electrons. The van der Waals surface area contributed by atoms with Crippen LogP contribution in [0.4, 0.5) is 11.8 Å². The van der Waals surface area contributed by atoms with E-state index in [0.717, 1.165) is 70.7 Å². The van der Waals surface area contributed by atoms with E-state index in [-0.39, 0.29) is 0 Å². The van der Waals surface area contributed by atoms with Crippen molar-refractivity contribution in [1.82, 2.24) is 25.0 Å². The first-order chi connectivity index (χ1) is 10.3. The zero-order chi connectivity index (χ0) is 14.7. The van der Waals surface area contributed by atoms with Crippen molar-refractivity contribution < 1.29 is 0 Å². The maximum Gasteiger partial charge on any atom is 0.247 e. The van der Waals surface area contributed by atoms with E-state index >= 15 is 0 Å². The normalized spacial score (nSPS) is 21.8. The van der Waals surface area contributed by atoms with Gasteiger partial charge in [0.1, 0.15) is 0 Å². The highest BCUT2D eigenvalue weighted by Crippen LogP contribution is 2.16. The van der Waals surface area contributed by atoms with E-state index in [4.69, 9.17) is 4.98 Å². The van der Waals surface area contributed by atoms with Crippen LogP contribution in [0.15, 0.2) is 6.20 Å². The van der Waals surface area contributed by atoms with Crippen LogP contribution in [-0.2, 0) is 0 Å². The molecule has 0 N–H and O–H groups in total. The van der Waals surface area contributed by atoms with Crippen molar-refractivity contribution in [3.8, 4) is 0 Å². The molecule has 0 spiro atoms. The minimum absolute atomic E-state index is 0.776. The number of likely N-dealkylation sites (N-methyl/N-ethyl adjacent to an activating group) is 2. The van der Waals surface area contributed by atoms with Crippen molar-refractivity contribution in [2.75, 3.05) is 75.8 Å². The van der Waals surface area contributed by atoms with Crippen molar-refractivity contribution >= 4 is 11.8 Å². The van der Waals surface area contributed by atoms with Gasteiger partial charge in [-0.3, -0.25) is 0 Å². The van der Waals surface area contributed by atoms with Crippen molar-refractivity contribution in [1.29, 1.82) is 0 Å². The van der Waals surface area contributed by atoms with Crippen LogP contribution in [0, 0.1) is 0 Å². The molecule has 0 bridgehead atoms. The molecule has 7 heteroatoms. The molecule has 0 amide bonds. The van der Waals surface area contributed by atoms with Gasteiger partial charge in [0.25, 0.3) is 0 Å². The third-order valence-corrected chi connectivity index (χ3v) is 4.46. The maximum atomic E-state index is 4.74. The number of hydrogen-bond donors (Lipinski definition) is 0. The second-order valence-corrected chi connectivity index (χ2v) is 5.83. The van der Waals surface area contributed by atoms with Crippen LogP contribution in [0.1, 0.15) is 6.92 Å². The summed E-state index contributed by atoms with van der Waals surface area (Å²) in [7, 11) is 2.15. The van der Waals surface area contributed by atoms with E-state index in [2.05, 4.69) is 43.8 Å². The standard InChI is InChI=1S/C14H25N7/c1-3-19-6-10-20(11-7-19)13-12-15-17-14(16-13)21-8-4-18(2)5-9-21/h12H,3-11H2,1-2H3. The maximum absolute atomic E-state index is 4.74. The van der Waals surface area contributed by atoms with Crippen LogP contribution in [0.3, 0.4) is 0 Å². The smallest absolute Gasteiger partial charge is 0.247 e. The highest BCUT2D eigenvalue weighted by molar-refractivity contribution is 5.42. The zero-order valence-corrected chi connectivity index (χ0v) is 13.1. The van der Waals surface area contributed by atoms with Gasteiger partial charge >= 0.3 is 0 Å². The van der Waals surface area contributed by atoms with Crippen molar-refractivity contribution in [2.45, 2.75) is 6.92 Å². The molecule has 0 unspecified atom stereocenters. The number of anilines is 2. The monoisotopic (exact) mass is 291 g/mol. The molecule has 0 radical (unpaired) electrons. The van der Waals surface area contributed by atoms with Gasteiger partial charge in [-0.15, -0.1) is 5.10 Å². The summed E-state index contributed by atoms with van der Waals surface area (Å²) in [4.78, 5) is 14.1. The fourth-order valence-electron chi connectivity index (χ4n) is 2.87. The Labute approximate surface area is 126 Å². The van der Waals surface area contributed by atoms with E-state index in [0.29, 0.717) is 0 Å². The first-order valence-electron chi connectivity index (χ1n) is 7.87. The Balaban J connectivity index is 1.66. The summed E-state index contributed by atoms with van der Waals surface area (Å²) < 4.78 is 0. The van der Waals surface area contributed by atoms with E-state index < -0.39 is 0 Å². The van der Waals surface area contributed by atoms with E-state index in [9.17, 15) is 0 Å². The van der Waals surface area contributed by atoms with Crippen LogP contribution in [0.2, 0.25) is 0 Å². The summed E-state index contributed by atoms with van der Waals surface area (Å²) >= 11 is 0. The van der Waals surface area contributed by atoms with Gasteiger partial charge in [-0.25, -0.2) is 0 Å². The summed E-state index contributed by atoms with van der Waals surface area (Å²) in [6.07, 6.45) is 1.79. The van der Waals surface area contributed by atoms with Crippen LogP contribution >= 0.6 is 0 Å². The topological polar surface area (TPSA) is 51.6 Å². The third-order valence-electron chi connectivity index (χ3n) is 4.46. The lowest BCUT2D eigenvalue weighted by atomic mass is 10.3.